The van der Waals surface area contributed by atoms with Gasteiger partial charge in [-0.25, -0.2) is 4.39 Å². The molecule has 0 spiro atoms. The Morgan fingerprint density at radius 1 is 1.00 bits per heavy atom. The number of hydrogen-bond acceptors (Lipinski definition) is 4. The van der Waals surface area contributed by atoms with Gasteiger partial charge < -0.3 is 4.42 Å². The topological polar surface area (TPSA) is 88.4 Å². The first kappa shape index (κ1) is 16.7. The fourth-order valence-corrected chi connectivity index (χ4v) is 2.30. The molecule has 0 bridgehead atoms. The van der Waals surface area contributed by atoms with Crippen molar-refractivity contribution in [1.29, 1.82) is 0 Å². The van der Waals surface area contributed by atoms with Crippen LogP contribution in [0.4, 0.5) is 4.39 Å². The summed E-state index contributed by atoms with van der Waals surface area (Å²) >= 11 is 5.81. The highest BCUT2D eigenvalue weighted by Crippen LogP contribution is 2.17. The van der Waals surface area contributed by atoms with Crippen LogP contribution in [-0.4, -0.2) is 11.8 Å². The zero-order valence-electron chi connectivity index (χ0n) is 12.5. The van der Waals surface area contributed by atoms with Gasteiger partial charge in [0.2, 0.25) is 0 Å². The molecular formula is C17H10ClFN2O4. The summed E-state index contributed by atoms with van der Waals surface area (Å²) in [6, 6.07) is 10.6. The molecule has 2 amide bonds. The number of amides is 2. The number of nitrogens with one attached hydrogen (secondary N) is 2. The third kappa shape index (κ3) is 3.51. The van der Waals surface area contributed by atoms with Crippen molar-refractivity contribution in [1.82, 2.24) is 10.9 Å². The smallest absolute Gasteiger partial charge is 0.305 e. The van der Waals surface area contributed by atoms with Gasteiger partial charge in [-0.2, -0.15) is 0 Å². The lowest BCUT2D eigenvalue weighted by Crippen LogP contribution is -2.42. The zero-order valence-corrected chi connectivity index (χ0v) is 13.3. The number of hydrogen-bond donors (Lipinski definition) is 2. The first-order valence-electron chi connectivity index (χ1n) is 7.04. The van der Waals surface area contributed by atoms with Crippen LogP contribution in [0.25, 0.3) is 11.0 Å². The van der Waals surface area contributed by atoms with Crippen molar-refractivity contribution in [3.05, 3.63) is 80.9 Å². The Morgan fingerprint density at radius 3 is 2.48 bits per heavy atom. The molecule has 3 aromatic rings. The van der Waals surface area contributed by atoms with Crippen LogP contribution in [0.15, 0.2) is 57.7 Å². The molecule has 0 aliphatic heterocycles. The summed E-state index contributed by atoms with van der Waals surface area (Å²) in [5, 5.41) is 0.577. The minimum Gasteiger partial charge on any atom is -0.451 e. The van der Waals surface area contributed by atoms with E-state index in [0.717, 1.165) is 12.1 Å². The number of carbonyl (C=O) groups is 2. The lowest BCUT2D eigenvalue weighted by molar-refractivity contribution is 0.0829. The molecule has 25 heavy (non-hydrogen) atoms. The number of hydrazine groups is 1. The highest BCUT2D eigenvalue weighted by molar-refractivity contribution is 6.31. The zero-order chi connectivity index (χ0) is 18.0. The van der Waals surface area contributed by atoms with Crippen molar-refractivity contribution in [2.24, 2.45) is 0 Å². The number of carbonyl (C=O) groups excluding carboxylic acids is 2. The van der Waals surface area contributed by atoms with Crippen molar-refractivity contribution in [2.45, 2.75) is 0 Å². The average Bonchev–Trinajstić information content (AvgIpc) is 2.60. The van der Waals surface area contributed by atoms with E-state index in [1.807, 2.05) is 0 Å². The predicted octanol–water partition coefficient (Wildman–Crippen LogP) is 2.66. The lowest BCUT2D eigenvalue weighted by Gasteiger charge is -2.08. The van der Waals surface area contributed by atoms with E-state index in [1.165, 1.54) is 36.4 Å². The fourth-order valence-electron chi connectivity index (χ4n) is 2.13. The molecule has 2 aromatic carbocycles. The van der Waals surface area contributed by atoms with Gasteiger partial charge in [0.25, 0.3) is 5.91 Å². The number of rotatable bonds is 2. The van der Waals surface area contributed by atoms with E-state index in [4.69, 9.17) is 16.0 Å². The van der Waals surface area contributed by atoms with Gasteiger partial charge in [0.1, 0.15) is 11.4 Å². The summed E-state index contributed by atoms with van der Waals surface area (Å²) in [5.74, 6) is -2.75. The Kier molecular flexibility index (Phi) is 4.49. The second-order valence-corrected chi connectivity index (χ2v) is 5.44. The maximum atomic E-state index is 13.5. The molecule has 1 heterocycles. The molecule has 0 aliphatic rings. The molecule has 0 atom stereocenters. The fraction of sp³-hybridized carbons (Fsp3) is 0. The summed E-state index contributed by atoms with van der Waals surface area (Å²) < 4.78 is 18.8. The molecule has 8 heteroatoms. The Labute approximate surface area is 145 Å². The number of fused-ring (bicyclic) bond motifs is 1. The van der Waals surface area contributed by atoms with Gasteiger partial charge in [-0.1, -0.05) is 23.7 Å². The van der Waals surface area contributed by atoms with Crippen LogP contribution in [0.5, 0.6) is 0 Å². The van der Waals surface area contributed by atoms with Crippen LogP contribution in [0.1, 0.15) is 20.9 Å². The van der Waals surface area contributed by atoms with Crippen LogP contribution in [0.2, 0.25) is 5.02 Å². The molecule has 126 valence electrons. The molecule has 0 unspecified atom stereocenters. The molecule has 1 aromatic heterocycles. The Hall–Kier alpha value is -3.19. The summed E-state index contributed by atoms with van der Waals surface area (Å²) in [6.45, 7) is 0. The summed E-state index contributed by atoms with van der Waals surface area (Å²) in [6.07, 6.45) is 0. The van der Waals surface area contributed by atoms with Crippen molar-refractivity contribution in [3.8, 4) is 0 Å². The second-order valence-electron chi connectivity index (χ2n) is 5.00. The molecule has 2 N–H and O–H groups in total. The predicted molar refractivity (Wildman–Crippen MR) is 88.8 cm³/mol. The van der Waals surface area contributed by atoms with Crippen LogP contribution in [0, 0.1) is 5.82 Å². The van der Waals surface area contributed by atoms with Gasteiger partial charge in [0, 0.05) is 11.1 Å². The lowest BCUT2D eigenvalue weighted by atomic mass is 10.2. The summed E-state index contributed by atoms with van der Waals surface area (Å²) in [4.78, 5) is 35.9. The highest BCUT2D eigenvalue weighted by atomic mass is 35.5. The number of halogens is 2. The minimum absolute atomic E-state index is 0.169. The van der Waals surface area contributed by atoms with Crippen molar-refractivity contribution < 1.29 is 18.4 Å². The summed E-state index contributed by atoms with van der Waals surface area (Å²) in [7, 11) is 0. The maximum absolute atomic E-state index is 13.5. The summed E-state index contributed by atoms with van der Waals surface area (Å²) in [5.41, 5.74) is 3.58. The van der Waals surface area contributed by atoms with Crippen LogP contribution in [0.3, 0.4) is 0 Å². The molecule has 0 radical (unpaired) electrons. The van der Waals surface area contributed by atoms with E-state index in [-0.39, 0.29) is 22.3 Å². The molecular weight excluding hydrogens is 351 g/mol. The molecule has 0 aliphatic carbocycles. The van der Waals surface area contributed by atoms with Gasteiger partial charge in [-0.3, -0.25) is 25.2 Å². The van der Waals surface area contributed by atoms with E-state index < -0.39 is 23.1 Å². The average molecular weight is 361 g/mol. The molecule has 0 fully saturated rings. The van der Waals surface area contributed by atoms with Gasteiger partial charge >= 0.3 is 5.91 Å². The number of benzene rings is 2. The van der Waals surface area contributed by atoms with E-state index in [9.17, 15) is 18.8 Å². The second kappa shape index (κ2) is 6.74. The SMILES string of the molecule is O=C(NNC(=O)c1ccccc1F)c1cc(=O)c2cc(Cl)ccc2o1. The van der Waals surface area contributed by atoms with Gasteiger partial charge in [-0.05, 0) is 30.3 Å². The normalized spacial score (nSPS) is 10.5. The van der Waals surface area contributed by atoms with Crippen molar-refractivity contribution in [3.63, 3.8) is 0 Å². The first-order chi connectivity index (χ1) is 12.0. The van der Waals surface area contributed by atoms with Crippen LogP contribution in [-0.2, 0) is 0 Å². The van der Waals surface area contributed by atoms with E-state index >= 15 is 0 Å². The van der Waals surface area contributed by atoms with Crippen molar-refractivity contribution >= 4 is 34.4 Å². The monoisotopic (exact) mass is 360 g/mol. The van der Waals surface area contributed by atoms with Crippen LogP contribution < -0.4 is 16.3 Å². The molecule has 0 saturated heterocycles. The van der Waals surface area contributed by atoms with E-state index in [0.29, 0.717) is 5.02 Å². The molecule has 0 saturated carbocycles. The van der Waals surface area contributed by atoms with E-state index in [2.05, 4.69) is 10.9 Å². The minimum atomic E-state index is -0.862. The van der Waals surface area contributed by atoms with E-state index in [1.54, 1.807) is 0 Å². The standard InChI is InChI=1S/C17H10ClFN2O4/c18-9-5-6-14-11(7-9)13(22)8-15(25-14)17(24)21-20-16(23)10-3-1-2-4-12(10)19/h1-8H,(H,20,23)(H,21,24). The molecule has 6 nitrogen and oxygen atoms in total. The Bertz CT molecular complexity index is 1050. The maximum Gasteiger partial charge on any atom is 0.305 e. The van der Waals surface area contributed by atoms with Crippen LogP contribution >= 0.6 is 11.6 Å². The Morgan fingerprint density at radius 2 is 1.72 bits per heavy atom. The first-order valence-corrected chi connectivity index (χ1v) is 7.42. The molecule has 3 rings (SSSR count). The largest absolute Gasteiger partial charge is 0.451 e. The quantitative estimate of drug-likeness (QED) is 0.688. The van der Waals surface area contributed by atoms with Gasteiger partial charge in [0.15, 0.2) is 11.2 Å². The highest BCUT2D eigenvalue weighted by Gasteiger charge is 2.15. The Balaban J connectivity index is 1.79. The van der Waals surface area contributed by atoms with Crippen molar-refractivity contribution in [2.75, 3.05) is 0 Å². The third-order valence-corrected chi connectivity index (χ3v) is 3.56. The third-order valence-electron chi connectivity index (χ3n) is 3.32. The van der Waals surface area contributed by atoms with Gasteiger partial charge in [0.05, 0.1) is 10.9 Å². The van der Waals surface area contributed by atoms with Gasteiger partial charge in [-0.15, -0.1) is 0 Å².